The third kappa shape index (κ3) is 6.26. The summed E-state index contributed by atoms with van der Waals surface area (Å²) in [5.41, 5.74) is 6.53. The summed E-state index contributed by atoms with van der Waals surface area (Å²) in [4.78, 5) is 20.7. The number of carbonyl (C=O) groups excluding carboxylic acids is 1. The molecule has 0 aliphatic carbocycles. The molecular weight excluding hydrogens is 344 g/mol. The van der Waals surface area contributed by atoms with Crippen LogP contribution in [0.2, 0.25) is 0 Å². The Bertz CT molecular complexity index is 767. The number of benzene rings is 1. The summed E-state index contributed by atoms with van der Waals surface area (Å²) in [5, 5.41) is 4.86. The van der Waals surface area contributed by atoms with E-state index in [4.69, 9.17) is 0 Å². The minimum absolute atomic E-state index is 0.0404. The number of carbonyl (C=O) groups is 1. The molecule has 0 atom stereocenters. The first kappa shape index (κ1) is 20.1. The second-order valence-corrected chi connectivity index (χ2v) is 7.97. The number of nitrogens with zero attached hydrogens (tertiary/aromatic N) is 3. The Labute approximate surface area is 159 Å². The Kier molecular flexibility index (Phi) is 6.91. The van der Waals surface area contributed by atoms with Crippen LogP contribution in [0.25, 0.3) is 0 Å². The number of amides is 1. The zero-order valence-corrected chi connectivity index (χ0v) is 16.9. The maximum absolute atomic E-state index is 12.0. The van der Waals surface area contributed by atoms with Crippen LogP contribution in [0.3, 0.4) is 0 Å². The smallest absolute Gasteiger partial charge is 0.250 e. The molecule has 1 heterocycles. The molecule has 1 N–H and O–H groups in total. The van der Waals surface area contributed by atoms with E-state index in [1.165, 1.54) is 17.3 Å². The molecule has 0 saturated heterocycles. The van der Waals surface area contributed by atoms with E-state index >= 15 is 0 Å². The van der Waals surface area contributed by atoms with Crippen LogP contribution in [0.1, 0.15) is 44.1 Å². The number of thioether (sulfide) groups is 1. The van der Waals surface area contributed by atoms with Gasteiger partial charge >= 0.3 is 0 Å². The molecule has 2 aromatic rings. The molecule has 0 bridgehead atoms. The SMILES string of the molecule is CC(CC(C)(C)c1ccccc1)=NNC(=O)CSc1nc(C)cc(C)n1. The van der Waals surface area contributed by atoms with Gasteiger partial charge in [0.15, 0.2) is 5.16 Å². The molecule has 0 aliphatic heterocycles. The van der Waals surface area contributed by atoms with Crippen molar-refractivity contribution < 1.29 is 4.79 Å². The third-order valence-corrected chi connectivity index (χ3v) is 4.77. The summed E-state index contributed by atoms with van der Waals surface area (Å²) in [5.74, 6) is 0.0801. The lowest BCUT2D eigenvalue weighted by atomic mass is 9.80. The van der Waals surface area contributed by atoms with Crippen LogP contribution in [0.5, 0.6) is 0 Å². The van der Waals surface area contributed by atoms with Gasteiger partial charge in [0, 0.05) is 17.1 Å². The molecule has 138 valence electrons. The summed E-state index contributed by atoms with van der Waals surface area (Å²) < 4.78 is 0. The van der Waals surface area contributed by atoms with Crippen molar-refractivity contribution in [1.82, 2.24) is 15.4 Å². The number of nitrogens with one attached hydrogen (secondary N) is 1. The number of hydrogen-bond acceptors (Lipinski definition) is 5. The van der Waals surface area contributed by atoms with Crippen LogP contribution in [0.15, 0.2) is 46.7 Å². The zero-order chi connectivity index (χ0) is 19.2. The fraction of sp³-hybridized carbons (Fsp3) is 0.400. The summed E-state index contributed by atoms with van der Waals surface area (Å²) in [6.45, 7) is 10.1. The summed E-state index contributed by atoms with van der Waals surface area (Å²) in [6, 6.07) is 12.2. The van der Waals surface area contributed by atoms with Crippen LogP contribution in [-0.4, -0.2) is 27.3 Å². The standard InChI is InChI=1S/C20H26N4OS/c1-14-11-15(2)22-19(21-14)26-13-18(25)24-23-16(3)12-20(4,5)17-9-7-6-8-10-17/h6-11H,12-13H2,1-5H3,(H,24,25). The van der Waals surface area contributed by atoms with E-state index in [0.717, 1.165) is 23.5 Å². The topological polar surface area (TPSA) is 67.2 Å². The van der Waals surface area contributed by atoms with E-state index < -0.39 is 0 Å². The fourth-order valence-corrected chi connectivity index (χ4v) is 3.49. The minimum Gasteiger partial charge on any atom is -0.272 e. The molecule has 5 nitrogen and oxygen atoms in total. The van der Waals surface area contributed by atoms with Gasteiger partial charge in [0.05, 0.1) is 5.75 Å². The molecule has 1 amide bonds. The molecule has 1 aromatic carbocycles. The molecule has 0 aliphatic rings. The van der Waals surface area contributed by atoms with Crippen molar-refractivity contribution in [1.29, 1.82) is 0 Å². The number of hydrazone groups is 1. The molecule has 2 rings (SSSR count). The lowest BCUT2D eigenvalue weighted by molar-refractivity contribution is -0.118. The predicted molar refractivity (Wildman–Crippen MR) is 108 cm³/mol. The van der Waals surface area contributed by atoms with Gasteiger partial charge in [0.25, 0.3) is 5.91 Å². The van der Waals surface area contributed by atoms with Crippen molar-refractivity contribution in [2.24, 2.45) is 5.10 Å². The lowest BCUT2D eigenvalue weighted by Gasteiger charge is -2.25. The van der Waals surface area contributed by atoms with E-state index in [2.05, 4.69) is 46.5 Å². The van der Waals surface area contributed by atoms with Gasteiger partial charge in [0.1, 0.15) is 0 Å². The number of rotatable bonds is 7. The Morgan fingerprint density at radius 2 is 1.77 bits per heavy atom. The number of hydrogen-bond donors (Lipinski definition) is 1. The quantitative estimate of drug-likeness (QED) is 0.346. The average Bonchev–Trinajstić information content (AvgIpc) is 2.58. The van der Waals surface area contributed by atoms with Gasteiger partial charge in [-0.1, -0.05) is 55.9 Å². The monoisotopic (exact) mass is 370 g/mol. The fourth-order valence-electron chi connectivity index (χ4n) is 2.75. The van der Waals surface area contributed by atoms with Crippen molar-refractivity contribution in [2.75, 3.05) is 5.75 Å². The maximum atomic E-state index is 12.0. The lowest BCUT2D eigenvalue weighted by Crippen LogP contribution is -2.25. The van der Waals surface area contributed by atoms with Crippen LogP contribution >= 0.6 is 11.8 Å². The molecule has 0 fully saturated rings. The second-order valence-electron chi connectivity index (χ2n) is 7.03. The normalized spacial score (nSPS) is 12.1. The number of aryl methyl sites for hydroxylation is 2. The van der Waals surface area contributed by atoms with Crippen LogP contribution in [0, 0.1) is 13.8 Å². The number of aromatic nitrogens is 2. The molecule has 26 heavy (non-hydrogen) atoms. The molecule has 1 aromatic heterocycles. The highest BCUT2D eigenvalue weighted by molar-refractivity contribution is 7.99. The first-order valence-electron chi connectivity index (χ1n) is 8.59. The Morgan fingerprint density at radius 3 is 2.38 bits per heavy atom. The van der Waals surface area contributed by atoms with Crippen molar-refractivity contribution in [3.8, 4) is 0 Å². The zero-order valence-electron chi connectivity index (χ0n) is 16.0. The van der Waals surface area contributed by atoms with E-state index in [-0.39, 0.29) is 17.1 Å². The molecule has 0 spiro atoms. The Hall–Kier alpha value is -2.21. The largest absolute Gasteiger partial charge is 0.272 e. The van der Waals surface area contributed by atoms with Crippen molar-refractivity contribution >= 4 is 23.4 Å². The highest BCUT2D eigenvalue weighted by atomic mass is 32.2. The molecule has 0 unspecified atom stereocenters. The van der Waals surface area contributed by atoms with Crippen LogP contribution in [-0.2, 0) is 10.2 Å². The van der Waals surface area contributed by atoms with Gasteiger partial charge in [-0.3, -0.25) is 4.79 Å². The van der Waals surface area contributed by atoms with Gasteiger partial charge in [-0.25, -0.2) is 15.4 Å². The first-order chi connectivity index (χ1) is 12.3. The highest BCUT2D eigenvalue weighted by Crippen LogP contribution is 2.27. The van der Waals surface area contributed by atoms with Crippen molar-refractivity contribution in [3.05, 3.63) is 53.3 Å². The van der Waals surface area contributed by atoms with E-state index in [0.29, 0.717) is 5.16 Å². The van der Waals surface area contributed by atoms with Crippen LogP contribution < -0.4 is 5.43 Å². The van der Waals surface area contributed by atoms with Crippen molar-refractivity contribution in [2.45, 2.75) is 51.6 Å². The molecule has 0 radical (unpaired) electrons. The van der Waals surface area contributed by atoms with E-state index in [1.54, 1.807) is 0 Å². The van der Waals surface area contributed by atoms with Gasteiger partial charge in [-0.05, 0) is 44.2 Å². The van der Waals surface area contributed by atoms with E-state index in [9.17, 15) is 4.79 Å². The van der Waals surface area contributed by atoms with Crippen LogP contribution in [0.4, 0.5) is 0 Å². The van der Waals surface area contributed by atoms with Gasteiger partial charge in [0.2, 0.25) is 0 Å². The molecular formula is C20H26N4OS. The van der Waals surface area contributed by atoms with Gasteiger partial charge in [-0.15, -0.1) is 0 Å². The average molecular weight is 371 g/mol. The maximum Gasteiger partial charge on any atom is 0.250 e. The van der Waals surface area contributed by atoms with E-state index in [1.807, 2.05) is 45.0 Å². The highest BCUT2D eigenvalue weighted by Gasteiger charge is 2.21. The Balaban J connectivity index is 1.86. The van der Waals surface area contributed by atoms with Gasteiger partial charge < -0.3 is 0 Å². The summed E-state index contributed by atoms with van der Waals surface area (Å²) >= 11 is 1.32. The summed E-state index contributed by atoms with van der Waals surface area (Å²) in [6.07, 6.45) is 0.768. The first-order valence-corrected chi connectivity index (χ1v) is 9.57. The van der Waals surface area contributed by atoms with Gasteiger partial charge in [-0.2, -0.15) is 5.10 Å². The second kappa shape index (κ2) is 8.94. The van der Waals surface area contributed by atoms with Crippen molar-refractivity contribution in [3.63, 3.8) is 0 Å². The third-order valence-electron chi connectivity index (χ3n) is 3.92. The molecule has 0 saturated carbocycles. The molecule has 6 heteroatoms. The Morgan fingerprint density at radius 1 is 1.15 bits per heavy atom. The summed E-state index contributed by atoms with van der Waals surface area (Å²) in [7, 11) is 0. The predicted octanol–water partition coefficient (Wildman–Crippen LogP) is 4.05. The minimum atomic E-state index is -0.158.